The van der Waals surface area contributed by atoms with Crippen molar-refractivity contribution in [1.82, 2.24) is 0 Å². The molecule has 0 aliphatic carbocycles. The van der Waals surface area contributed by atoms with Crippen molar-refractivity contribution in [3.8, 4) is 0 Å². The highest BCUT2D eigenvalue weighted by atomic mass is 28.3. The summed E-state index contributed by atoms with van der Waals surface area (Å²) in [5.41, 5.74) is 2.12. The summed E-state index contributed by atoms with van der Waals surface area (Å²) in [7, 11) is -1.12. The lowest BCUT2D eigenvalue weighted by molar-refractivity contribution is 0.206. The van der Waals surface area contributed by atoms with Gasteiger partial charge in [-0.3, -0.25) is 0 Å². The molecule has 83 valence electrons. The van der Waals surface area contributed by atoms with Crippen molar-refractivity contribution in [2.75, 3.05) is 13.2 Å². The van der Waals surface area contributed by atoms with Crippen LogP contribution in [0.3, 0.4) is 0 Å². The molecule has 2 nitrogen and oxygen atoms in total. The molecular weight excluding hydrogens is 192 g/mol. The largest absolute Gasteiger partial charge is 0.415 e. The zero-order valence-electron chi connectivity index (χ0n) is 9.71. The second-order valence-electron chi connectivity index (χ2n) is 3.21. The van der Waals surface area contributed by atoms with Gasteiger partial charge in [0.2, 0.25) is 0 Å². The minimum atomic E-state index is -1.12. The summed E-state index contributed by atoms with van der Waals surface area (Å²) in [5.74, 6) is 0. The molecule has 0 saturated heterocycles. The number of hydrogen-bond donors (Lipinski definition) is 0. The van der Waals surface area contributed by atoms with Gasteiger partial charge in [0.15, 0.2) is 0 Å². The fourth-order valence-corrected chi connectivity index (χ4v) is 2.33. The predicted octanol–water partition coefficient (Wildman–Crippen LogP) is 3.22. The Morgan fingerprint density at radius 1 is 0.929 bits per heavy atom. The van der Waals surface area contributed by atoms with Crippen LogP contribution in [0, 0.1) is 0 Å². The number of hydrogen-bond acceptors (Lipinski definition) is 2. The lowest BCUT2D eigenvalue weighted by atomic mass is 10.3. The van der Waals surface area contributed by atoms with E-state index in [1.807, 2.05) is 0 Å². The fraction of sp³-hybridized carbons (Fsp3) is 0.818. The van der Waals surface area contributed by atoms with Gasteiger partial charge in [0.05, 0.1) is 0 Å². The van der Waals surface area contributed by atoms with E-state index in [1.165, 1.54) is 6.42 Å². The van der Waals surface area contributed by atoms with E-state index in [0.29, 0.717) is 0 Å². The number of allylic oxidation sites excluding steroid dienone is 1. The molecule has 1 radical (unpaired) electrons. The van der Waals surface area contributed by atoms with E-state index in [0.717, 1.165) is 32.5 Å². The molecule has 0 N–H and O–H groups in total. The molecule has 0 aromatic rings. The van der Waals surface area contributed by atoms with Crippen LogP contribution in [0.15, 0.2) is 11.8 Å². The van der Waals surface area contributed by atoms with Crippen molar-refractivity contribution in [2.45, 2.75) is 46.5 Å². The van der Waals surface area contributed by atoms with Crippen LogP contribution in [0.5, 0.6) is 0 Å². The standard InChI is InChI=1S/C11H23O2Si/c1-4-7-8-11-14(12-9-5-2)13-10-6-3/h8,11H,4-7,9-10H2,1-3H3. The minimum Gasteiger partial charge on any atom is -0.390 e. The summed E-state index contributed by atoms with van der Waals surface area (Å²) in [6.45, 7) is 8.05. The molecule has 0 aliphatic heterocycles. The third kappa shape index (κ3) is 8.47. The van der Waals surface area contributed by atoms with Crippen molar-refractivity contribution >= 4 is 9.28 Å². The van der Waals surface area contributed by atoms with Crippen LogP contribution in [-0.2, 0) is 8.85 Å². The summed E-state index contributed by atoms with van der Waals surface area (Å²) in [6.07, 6.45) is 6.61. The maximum atomic E-state index is 5.63. The lowest BCUT2D eigenvalue weighted by Crippen LogP contribution is -2.21. The van der Waals surface area contributed by atoms with Gasteiger partial charge in [0, 0.05) is 13.2 Å². The Labute approximate surface area is 90.2 Å². The van der Waals surface area contributed by atoms with Gasteiger partial charge >= 0.3 is 9.28 Å². The van der Waals surface area contributed by atoms with E-state index in [4.69, 9.17) is 8.85 Å². The SMILES string of the molecule is CCCC=C[Si](OCCC)OCCC. The monoisotopic (exact) mass is 215 g/mol. The average Bonchev–Trinajstić information content (AvgIpc) is 2.21. The first-order valence-electron chi connectivity index (χ1n) is 5.64. The molecule has 0 fully saturated rings. The zero-order valence-corrected chi connectivity index (χ0v) is 10.7. The number of unbranched alkanes of at least 4 members (excludes halogenated alkanes) is 1. The Morgan fingerprint density at radius 2 is 1.50 bits per heavy atom. The highest BCUT2D eigenvalue weighted by Crippen LogP contribution is 1.97. The molecule has 0 rings (SSSR count). The Bertz CT molecular complexity index is 129. The zero-order chi connectivity index (χ0) is 10.6. The first kappa shape index (κ1) is 13.9. The molecule has 3 heteroatoms. The molecule has 0 heterocycles. The molecule has 14 heavy (non-hydrogen) atoms. The Hall–Kier alpha value is -0.123. The van der Waals surface area contributed by atoms with Crippen LogP contribution in [0.2, 0.25) is 0 Å². The molecule has 0 unspecified atom stereocenters. The summed E-state index contributed by atoms with van der Waals surface area (Å²) in [5, 5.41) is 0. The summed E-state index contributed by atoms with van der Waals surface area (Å²) < 4.78 is 11.3. The van der Waals surface area contributed by atoms with E-state index in [9.17, 15) is 0 Å². The average molecular weight is 215 g/mol. The van der Waals surface area contributed by atoms with Gasteiger partial charge in [-0.15, -0.1) is 0 Å². The first-order chi connectivity index (χ1) is 6.85. The van der Waals surface area contributed by atoms with Crippen LogP contribution < -0.4 is 0 Å². The molecule has 0 aromatic carbocycles. The van der Waals surface area contributed by atoms with Crippen LogP contribution in [0.4, 0.5) is 0 Å². The van der Waals surface area contributed by atoms with Gasteiger partial charge in [-0.25, -0.2) is 0 Å². The third-order valence-corrected chi connectivity index (χ3v) is 3.09. The van der Waals surface area contributed by atoms with E-state index in [2.05, 4.69) is 32.5 Å². The molecule has 0 spiro atoms. The first-order valence-corrected chi connectivity index (χ1v) is 7.03. The van der Waals surface area contributed by atoms with Crippen LogP contribution in [-0.4, -0.2) is 22.5 Å². The van der Waals surface area contributed by atoms with Crippen molar-refractivity contribution in [3.63, 3.8) is 0 Å². The van der Waals surface area contributed by atoms with Crippen molar-refractivity contribution < 1.29 is 8.85 Å². The summed E-state index contributed by atoms with van der Waals surface area (Å²) in [6, 6.07) is 0. The number of rotatable bonds is 9. The van der Waals surface area contributed by atoms with Crippen molar-refractivity contribution in [3.05, 3.63) is 11.8 Å². The molecule has 0 atom stereocenters. The topological polar surface area (TPSA) is 18.5 Å². The Morgan fingerprint density at radius 3 is 1.93 bits per heavy atom. The third-order valence-electron chi connectivity index (χ3n) is 1.61. The van der Waals surface area contributed by atoms with E-state index in [1.54, 1.807) is 0 Å². The second-order valence-corrected chi connectivity index (χ2v) is 4.76. The minimum absolute atomic E-state index is 0.814. The summed E-state index contributed by atoms with van der Waals surface area (Å²) in [4.78, 5) is 0. The van der Waals surface area contributed by atoms with E-state index >= 15 is 0 Å². The van der Waals surface area contributed by atoms with Crippen LogP contribution in [0.25, 0.3) is 0 Å². The quantitative estimate of drug-likeness (QED) is 0.550. The molecule has 0 aromatic heterocycles. The van der Waals surface area contributed by atoms with Crippen molar-refractivity contribution in [1.29, 1.82) is 0 Å². The normalized spacial score (nSPS) is 11.7. The maximum absolute atomic E-state index is 5.63. The highest BCUT2D eigenvalue weighted by molar-refractivity contribution is 6.50. The molecule has 0 amide bonds. The van der Waals surface area contributed by atoms with Gasteiger partial charge in [0.1, 0.15) is 0 Å². The van der Waals surface area contributed by atoms with Crippen molar-refractivity contribution in [2.24, 2.45) is 0 Å². The highest BCUT2D eigenvalue weighted by Gasteiger charge is 2.09. The van der Waals surface area contributed by atoms with Gasteiger partial charge in [-0.05, 0) is 25.0 Å². The molecule has 0 saturated carbocycles. The van der Waals surface area contributed by atoms with Crippen LogP contribution in [0.1, 0.15) is 46.5 Å². The fourth-order valence-electron chi connectivity index (χ4n) is 0.889. The maximum Gasteiger partial charge on any atom is 0.415 e. The van der Waals surface area contributed by atoms with Gasteiger partial charge in [-0.1, -0.05) is 33.3 Å². The molecular formula is C11H23O2Si. The smallest absolute Gasteiger partial charge is 0.390 e. The van der Waals surface area contributed by atoms with Gasteiger partial charge < -0.3 is 8.85 Å². The Kier molecular flexibility index (Phi) is 10.9. The Balaban J connectivity index is 3.71. The lowest BCUT2D eigenvalue weighted by Gasteiger charge is -2.10. The van der Waals surface area contributed by atoms with E-state index in [-0.39, 0.29) is 0 Å². The van der Waals surface area contributed by atoms with Crippen LogP contribution >= 0.6 is 0 Å². The van der Waals surface area contributed by atoms with Gasteiger partial charge in [0.25, 0.3) is 0 Å². The molecule has 0 bridgehead atoms. The second kappa shape index (κ2) is 11.0. The summed E-state index contributed by atoms with van der Waals surface area (Å²) >= 11 is 0. The van der Waals surface area contributed by atoms with E-state index < -0.39 is 9.28 Å². The van der Waals surface area contributed by atoms with Gasteiger partial charge in [-0.2, -0.15) is 0 Å². The molecule has 0 aliphatic rings. The predicted molar refractivity (Wildman–Crippen MR) is 62.3 cm³/mol.